The molecule has 1 fully saturated rings. The van der Waals surface area contributed by atoms with E-state index >= 15 is 0 Å². The molecule has 1 aromatic rings. The van der Waals surface area contributed by atoms with Gasteiger partial charge in [0.1, 0.15) is 5.75 Å². The van der Waals surface area contributed by atoms with Gasteiger partial charge in [0.25, 0.3) is 0 Å². The highest BCUT2D eigenvalue weighted by Gasteiger charge is 2.14. The molecule has 1 saturated carbocycles. The first-order chi connectivity index (χ1) is 24.8. The average molecular weight is 701 g/mol. The molecule has 0 atom stereocenters. The Morgan fingerprint density at radius 3 is 1.26 bits per heavy atom. The summed E-state index contributed by atoms with van der Waals surface area (Å²) in [5.74, 6) is 1.77. The van der Waals surface area contributed by atoms with Crippen LogP contribution in [0.25, 0.3) is 0 Å². The van der Waals surface area contributed by atoms with Crippen LogP contribution in [0.15, 0.2) is 18.2 Å². The molecule has 0 radical (unpaired) electrons. The van der Waals surface area contributed by atoms with Gasteiger partial charge in [0.2, 0.25) is 0 Å². The minimum atomic E-state index is 0.722. The quantitative estimate of drug-likeness (QED) is 0.0389. The molecule has 1 aromatic carbocycles. The number of ether oxygens (including phenoxy) is 1. The van der Waals surface area contributed by atoms with E-state index in [-0.39, 0.29) is 0 Å². The van der Waals surface area contributed by atoms with Crippen LogP contribution in [-0.2, 0) is 13.1 Å². The van der Waals surface area contributed by atoms with Crippen molar-refractivity contribution < 1.29 is 4.74 Å². The van der Waals surface area contributed by atoms with E-state index in [0.29, 0.717) is 0 Å². The Kier molecular flexibility index (Phi) is 31.3. The maximum absolute atomic E-state index is 6.41. The fourth-order valence-corrected chi connectivity index (χ4v) is 6.96. The topological polar surface area (TPSA) is 81.4 Å². The number of benzene rings is 1. The third-order valence-corrected chi connectivity index (χ3v) is 10.1. The lowest BCUT2D eigenvalue weighted by molar-refractivity contribution is 0.208. The smallest absolute Gasteiger partial charge is 0.119 e. The molecular formula is C43H84N6O. The van der Waals surface area contributed by atoms with E-state index in [0.717, 1.165) is 96.6 Å². The molecule has 0 amide bonds. The van der Waals surface area contributed by atoms with E-state index in [1.807, 2.05) is 0 Å². The summed E-state index contributed by atoms with van der Waals surface area (Å²) in [6, 6.07) is 6.89. The van der Waals surface area contributed by atoms with Gasteiger partial charge in [-0.3, -0.25) is 0 Å². The molecule has 7 heteroatoms. The number of rotatable bonds is 37. The first kappa shape index (κ1) is 44.9. The molecule has 6 N–H and O–H groups in total. The standard InChI is InChI=1S/C43H84N6O/c1-3-5-7-9-11-16-24-44-26-18-28-46-30-20-32-48-37-41-34-42(36-43(35-41)50-39-40-22-14-13-15-23-40)38-49-33-21-31-47-29-19-27-45-25-17-12-10-8-6-4-2/h34-36,40,44-49H,3-33,37-39H2,1-2H3. The molecule has 0 saturated heterocycles. The molecule has 2 rings (SSSR count). The fourth-order valence-electron chi connectivity index (χ4n) is 6.96. The molecular weight excluding hydrogens is 617 g/mol. The van der Waals surface area contributed by atoms with Crippen molar-refractivity contribution in [1.82, 2.24) is 31.9 Å². The van der Waals surface area contributed by atoms with Crippen LogP contribution in [0.2, 0.25) is 0 Å². The van der Waals surface area contributed by atoms with Crippen molar-refractivity contribution in [3.05, 3.63) is 29.3 Å². The first-order valence-corrected chi connectivity index (χ1v) is 21.8. The van der Waals surface area contributed by atoms with Gasteiger partial charge in [-0.05, 0) is 146 Å². The largest absolute Gasteiger partial charge is 0.493 e. The minimum Gasteiger partial charge on any atom is -0.493 e. The van der Waals surface area contributed by atoms with Crippen molar-refractivity contribution in [3.63, 3.8) is 0 Å². The van der Waals surface area contributed by atoms with Gasteiger partial charge in [-0.2, -0.15) is 0 Å². The molecule has 1 aliphatic carbocycles. The maximum Gasteiger partial charge on any atom is 0.119 e. The predicted molar refractivity (Wildman–Crippen MR) is 219 cm³/mol. The Balaban J connectivity index is 1.54. The highest BCUT2D eigenvalue weighted by molar-refractivity contribution is 5.34. The highest BCUT2D eigenvalue weighted by Crippen LogP contribution is 2.25. The lowest BCUT2D eigenvalue weighted by atomic mass is 9.90. The Labute approximate surface area is 310 Å². The van der Waals surface area contributed by atoms with Crippen molar-refractivity contribution in [3.8, 4) is 5.75 Å². The van der Waals surface area contributed by atoms with Crippen LogP contribution in [0.3, 0.4) is 0 Å². The second-order valence-electron chi connectivity index (χ2n) is 15.1. The summed E-state index contributed by atoms with van der Waals surface area (Å²) in [6.45, 7) is 18.3. The molecule has 0 bridgehead atoms. The number of hydrogen-bond donors (Lipinski definition) is 6. The number of nitrogens with one attached hydrogen (secondary N) is 6. The van der Waals surface area contributed by atoms with E-state index in [9.17, 15) is 0 Å². The Hall–Kier alpha value is -1.22. The number of unbranched alkanes of at least 4 members (excludes halogenated alkanes) is 10. The molecule has 1 aliphatic rings. The van der Waals surface area contributed by atoms with Gasteiger partial charge in [0.05, 0.1) is 6.61 Å². The van der Waals surface area contributed by atoms with Crippen LogP contribution >= 0.6 is 0 Å². The Morgan fingerprint density at radius 1 is 0.440 bits per heavy atom. The molecule has 0 unspecified atom stereocenters. The molecule has 0 aliphatic heterocycles. The van der Waals surface area contributed by atoms with Crippen molar-refractivity contribution in [2.24, 2.45) is 5.92 Å². The summed E-state index contributed by atoms with van der Waals surface area (Å²) in [5.41, 5.74) is 2.67. The highest BCUT2D eigenvalue weighted by atomic mass is 16.5. The van der Waals surface area contributed by atoms with E-state index in [4.69, 9.17) is 4.74 Å². The Bertz CT molecular complexity index is 794. The van der Waals surface area contributed by atoms with Gasteiger partial charge >= 0.3 is 0 Å². The van der Waals surface area contributed by atoms with Crippen LogP contribution in [0.4, 0.5) is 0 Å². The third-order valence-electron chi connectivity index (χ3n) is 10.1. The van der Waals surface area contributed by atoms with E-state index in [2.05, 4.69) is 63.9 Å². The van der Waals surface area contributed by atoms with Crippen LogP contribution in [0.1, 0.15) is 160 Å². The molecule has 50 heavy (non-hydrogen) atoms. The SMILES string of the molecule is CCCCCCCCNCCCNCCCNCc1cc(CNCCCNCCCNCCCCCCCC)cc(OCC2CCCCC2)c1. The average Bonchev–Trinajstić information content (AvgIpc) is 3.14. The zero-order valence-electron chi connectivity index (χ0n) is 33.3. The van der Waals surface area contributed by atoms with Crippen LogP contribution in [-0.4, -0.2) is 72.1 Å². The molecule has 0 heterocycles. The zero-order valence-corrected chi connectivity index (χ0v) is 33.3. The second-order valence-corrected chi connectivity index (χ2v) is 15.1. The van der Waals surface area contributed by atoms with Gasteiger partial charge in [0, 0.05) is 13.1 Å². The lowest BCUT2D eigenvalue weighted by Gasteiger charge is -2.22. The summed E-state index contributed by atoms with van der Waals surface area (Å²) >= 11 is 0. The van der Waals surface area contributed by atoms with E-state index in [1.54, 1.807) is 0 Å². The summed E-state index contributed by atoms with van der Waals surface area (Å²) in [6.07, 6.45) is 28.0. The van der Waals surface area contributed by atoms with Crippen molar-refractivity contribution in [2.75, 3.05) is 72.1 Å². The van der Waals surface area contributed by atoms with Crippen LogP contribution in [0.5, 0.6) is 5.75 Å². The fraction of sp³-hybridized carbons (Fsp3) is 0.860. The van der Waals surface area contributed by atoms with Crippen molar-refractivity contribution in [2.45, 2.75) is 162 Å². The van der Waals surface area contributed by atoms with Crippen molar-refractivity contribution in [1.29, 1.82) is 0 Å². The summed E-state index contributed by atoms with van der Waals surface area (Å²) in [4.78, 5) is 0. The van der Waals surface area contributed by atoms with Crippen LogP contribution in [0, 0.1) is 5.92 Å². The monoisotopic (exact) mass is 701 g/mol. The van der Waals surface area contributed by atoms with Crippen molar-refractivity contribution >= 4 is 0 Å². The lowest BCUT2D eigenvalue weighted by Crippen LogP contribution is -2.26. The molecule has 292 valence electrons. The first-order valence-electron chi connectivity index (χ1n) is 21.8. The van der Waals surface area contributed by atoms with Gasteiger partial charge in [-0.15, -0.1) is 0 Å². The normalized spacial score (nSPS) is 13.7. The maximum atomic E-state index is 6.41. The molecule has 7 nitrogen and oxygen atoms in total. The number of hydrogen-bond acceptors (Lipinski definition) is 7. The van der Waals surface area contributed by atoms with Gasteiger partial charge in [0.15, 0.2) is 0 Å². The van der Waals surface area contributed by atoms with Gasteiger partial charge in [-0.25, -0.2) is 0 Å². The summed E-state index contributed by atoms with van der Waals surface area (Å²) < 4.78 is 6.41. The second kappa shape index (κ2) is 34.8. The van der Waals surface area contributed by atoms with Crippen LogP contribution < -0.4 is 36.6 Å². The van der Waals surface area contributed by atoms with E-state index in [1.165, 1.54) is 146 Å². The molecule has 0 aromatic heterocycles. The summed E-state index contributed by atoms with van der Waals surface area (Å²) in [7, 11) is 0. The predicted octanol–water partition coefficient (Wildman–Crippen LogP) is 8.46. The minimum absolute atomic E-state index is 0.722. The van der Waals surface area contributed by atoms with E-state index < -0.39 is 0 Å². The van der Waals surface area contributed by atoms with Gasteiger partial charge in [-0.1, -0.05) is 103 Å². The Morgan fingerprint density at radius 2 is 0.820 bits per heavy atom. The van der Waals surface area contributed by atoms with Gasteiger partial charge < -0.3 is 36.6 Å². The third kappa shape index (κ3) is 27.4. The molecule has 0 spiro atoms. The zero-order chi connectivity index (χ0) is 35.4. The summed E-state index contributed by atoms with van der Waals surface area (Å²) in [5, 5.41) is 21.8.